The number of H-pyrrole nitrogens is 1. The lowest BCUT2D eigenvalue weighted by Crippen LogP contribution is -2.36. The van der Waals surface area contributed by atoms with E-state index in [1.165, 1.54) is 4.57 Å². The van der Waals surface area contributed by atoms with Crippen LogP contribution in [0.3, 0.4) is 0 Å². The number of likely N-dealkylation sites (N-methyl/N-ethyl adjacent to an activating group) is 1. The van der Waals surface area contributed by atoms with Gasteiger partial charge in [0, 0.05) is 30.2 Å². The van der Waals surface area contributed by atoms with Gasteiger partial charge in [0.15, 0.2) is 0 Å². The minimum Gasteiger partial charge on any atom is -0.390 e. The second-order valence-corrected chi connectivity index (χ2v) is 8.72. The van der Waals surface area contributed by atoms with Crippen molar-refractivity contribution in [3.8, 4) is 0 Å². The molecule has 0 unspecified atom stereocenters. The molecule has 1 aromatic heterocycles. The van der Waals surface area contributed by atoms with Crippen LogP contribution in [0.25, 0.3) is 11.6 Å². The number of fused-ring (bicyclic) bond motifs is 1. The fourth-order valence-electron chi connectivity index (χ4n) is 3.31. The van der Waals surface area contributed by atoms with Crippen molar-refractivity contribution in [3.05, 3.63) is 50.0 Å². The molecule has 0 fully saturated rings. The molecule has 156 valence electrons. The number of amides is 1. The van der Waals surface area contributed by atoms with Gasteiger partial charge in [0.2, 0.25) is 5.91 Å². The first-order chi connectivity index (χ1) is 13.5. The van der Waals surface area contributed by atoms with E-state index in [1.807, 2.05) is 30.2 Å². The summed E-state index contributed by atoms with van der Waals surface area (Å²) in [5.41, 5.74) is 1.23. The largest absolute Gasteiger partial charge is 0.390 e. The smallest absolute Gasteiger partial charge is 0.328 e. The minimum absolute atomic E-state index is 0.104. The zero-order valence-electron chi connectivity index (χ0n) is 16.6. The van der Waals surface area contributed by atoms with Crippen LogP contribution in [0.4, 0.5) is 5.82 Å². The van der Waals surface area contributed by atoms with E-state index >= 15 is 0 Å². The number of rotatable bonds is 6. The Labute approximate surface area is 178 Å². The van der Waals surface area contributed by atoms with Gasteiger partial charge in [-0.3, -0.25) is 9.36 Å². The molecule has 7 nitrogen and oxygen atoms in total. The molecule has 0 saturated carbocycles. The van der Waals surface area contributed by atoms with Crippen molar-refractivity contribution in [1.82, 2.24) is 14.9 Å². The molecule has 0 radical (unpaired) electrons. The van der Waals surface area contributed by atoms with Gasteiger partial charge in [-0.25, -0.2) is 4.79 Å². The average Bonchev–Trinajstić information content (AvgIpc) is 2.88. The molecule has 2 heterocycles. The van der Waals surface area contributed by atoms with Gasteiger partial charge in [-0.1, -0.05) is 23.2 Å². The Morgan fingerprint density at radius 3 is 2.55 bits per heavy atom. The monoisotopic (exact) mass is 438 g/mol. The maximum atomic E-state index is 12.5. The summed E-state index contributed by atoms with van der Waals surface area (Å²) < 4.78 is 1.41. The first-order valence-corrected chi connectivity index (χ1v) is 9.99. The highest BCUT2D eigenvalue weighted by Gasteiger charge is 2.24. The van der Waals surface area contributed by atoms with Gasteiger partial charge in [0.1, 0.15) is 12.4 Å². The fourth-order valence-corrected chi connectivity index (χ4v) is 3.84. The van der Waals surface area contributed by atoms with Crippen molar-refractivity contribution in [2.24, 2.45) is 0 Å². The van der Waals surface area contributed by atoms with E-state index in [4.69, 9.17) is 23.2 Å². The zero-order chi connectivity index (χ0) is 21.3. The van der Waals surface area contributed by atoms with Crippen molar-refractivity contribution in [3.63, 3.8) is 0 Å². The summed E-state index contributed by atoms with van der Waals surface area (Å²) in [4.78, 5) is 29.5. The highest BCUT2D eigenvalue weighted by molar-refractivity contribution is 6.35. The van der Waals surface area contributed by atoms with E-state index in [0.29, 0.717) is 41.1 Å². The van der Waals surface area contributed by atoms with Gasteiger partial charge >= 0.3 is 5.69 Å². The van der Waals surface area contributed by atoms with Crippen LogP contribution in [0.1, 0.15) is 31.5 Å². The maximum Gasteiger partial charge on any atom is 0.328 e. The van der Waals surface area contributed by atoms with Crippen LogP contribution in [0.2, 0.25) is 10.0 Å². The molecule has 9 heteroatoms. The number of halogens is 2. The zero-order valence-corrected chi connectivity index (χ0v) is 18.1. The number of hydrogen-bond acceptors (Lipinski definition) is 4. The molecule has 0 saturated heterocycles. The standard InChI is InChI=1S/C20H24Cl2N4O3/c1-20(2,29)4-5-23-17(27)11-26-18-16(24-19(26)28)8-13(10-25(18)3)12-6-14(21)9-15(22)7-12/h6-9,29H,4-5,10-11H2,1-3H3,(H,23,27)(H,24,28). The Morgan fingerprint density at radius 1 is 1.28 bits per heavy atom. The summed E-state index contributed by atoms with van der Waals surface area (Å²) in [6, 6.07) is 5.31. The number of imidazole rings is 1. The molecule has 0 spiro atoms. The lowest BCUT2D eigenvalue weighted by molar-refractivity contribution is -0.121. The van der Waals surface area contributed by atoms with Gasteiger partial charge in [0.25, 0.3) is 0 Å². The fraction of sp³-hybridized carbons (Fsp3) is 0.400. The Bertz CT molecular complexity index is 997. The van der Waals surface area contributed by atoms with Gasteiger partial charge in [-0.2, -0.15) is 0 Å². The second-order valence-electron chi connectivity index (χ2n) is 7.85. The number of aromatic nitrogens is 2. The SMILES string of the molecule is CN1CC(c2cc(Cl)cc(Cl)c2)=Cc2[nH]c(=O)n(CC(=O)NCCC(C)(C)O)c21. The highest BCUT2D eigenvalue weighted by Crippen LogP contribution is 2.32. The number of benzene rings is 1. The van der Waals surface area contributed by atoms with Crippen molar-refractivity contribution in [2.75, 3.05) is 25.0 Å². The molecule has 1 aliphatic heterocycles. The Hall–Kier alpha value is -2.22. The summed E-state index contributed by atoms with van der Waals surface area (Å²) in [5.74, 6) is 0.354. The van der Waals surface area contributed by atoms with Crippen LogP contribution in [0.15, 0.2) is 23.0 Å². The van der Waals surface area contributed by atoms with Crippen molar-refractivity contribution >= 4 is 46.6 Å². The third-order valence-corrected chi connectivity index (χ3v) is 5.10. The molecule has 1 aromatic carbocycles. The molecule has 0 bridgehead atoms. The number of nitrogens with one attached hydrogen (secondary N) is 2. The number of aliphatic hydroxyl groups is 1. The number of hydrogen-bond donors (Lipinski definition) is 3. The van der Waals surface area contributed by atoms with Gasteiger partial charge < -0.3 is 20.3 Å². The predicted octanol–water partition coefficient (Wildman–Crippen LogP) is 2.75. The second kappa shape index (κ2) is 8.26. The first kappa shape index (κ1) is 21.5. The number of carbonyl (C=O) groups is 1. The summed E-state index contributed by atoms with van der Waals surface area (Å²) in [5, 5.41) is 13.5. The van der Waals surface area contributed by atoms with Crippen LogP contribution in [0, 0.1) is 0 Å². The Morgan fingerprint density at radius 2 is 1.93 bits per heavy atom. The van der Waals surface area contributed by atoms with Crippen LogP contribution in [-0.2, 0) is 11.3 Å². The summed E-state index contributed by atoms with van der Waals surface area (Å²) in [6.45, 7) is 4.11. The quantitative estimate of drug-likeness (QED) is 0.646. The molecular weight excluding hydrogens is 415 g/mol. The highest BCUT2D eigenvalue weighted by atomic mass is 35.5. The van der Waals surface area contributed by atoms with Crippen molar-refractivity contribution in [1.29, 1.82) is 0 Å². The number of carbonyl (C=O) groups excluding carboxylic acids is 1. The van der Waals surface area contributed by atoms with E-state index < -0.39 is 5.60 Å². The molecule has 2 aromatic rings. The molecule has 1 amide bonds. The third kappa shape index (κ3) is 5.23. The summed E-state index contributed by atoms with van der Waals surface area (Å²) in [7, 11) is 1.86. The maximum absolute atomic E-state index is 12.5. The first-order valence-electron chi connectivity index (χ1n) is 9.23. The molecule has 29 heavy (non-hydrogen) atoms. The van der Waals surface area contributed by atoms with Crippen molar-refractivity contribution in [2.45, 2.75) is 32.4 Å². The topological polar surface area (TPSA) is 90.4 Å². The van der Waals surface area contributed by atoms with Crippen LogP contribution < -0.4 is 15.9 Å². The van der Waals surface area contributed by atoms with E-state index in [0.717, 1.165) is 11.1 Å². The van der Waals surface area contributed by atoms with E-state index in [1.54, 1.807) is 19.9 Å². The summed E-state index contributed by atoms with van der Waals surface area (Å²) in [6.07, 6.45) is 2.30. The van der Waals surface area contributed by atoms with E-state index in [-0.39, 0.29) is 18.1 Å². The number of nitrogens with zero attached hydrogens (tertiary/aromatic N) is 2. The molecular formula is C20H24Cl2N4O3. The van der Waals surface area contributed by atoms with Crippen LogP contribution in [-0.4, -0.2) is 46.3 Å². The van der Waals surface area contributed by atoms with Gasteiger partial charge in [-0.15, -0.1) is 0 Å². The normalized spacial score (nSPS) is 13.9. The van der Waals surface area contributed by atoms with Crippen LogP contribution in [0.5, 0.6) is 0 Å². The number of aromatic amines is 1. The van der Waals surface area contributed by atoms with Gasteiger partial charge in [-0.05, 0) is 55.7 Å². The van der Waals surface area contributed by atoms with E-state index in [2.05, 4.69) is 10.3 Å². The molecule has 1 aliphatic rings. The van der Waals surface area contributed by atoms with Crippen LogP contribution >= 0.6 is 23.2 Å². The molecule has 0 aliphatic carbocycles. The minimum atomic E-state index is -0.859. The lowest BCUT2D eigenvalue weighted by atomic mass is 10.0. The summed E-state index contributed by atoms with van der Waals surface area (Å²) >= 11 is 12.2. The molecule has 0 atom stereocenters. The third-order valence-electron chi connectivity index (χ3n) is 4.67. The Kier molecular flexibility index (Phi) is 6.12. The van der Waals surface area contributed by atoms with Crippen molar-refractivity contribution < 1.29 is 9.90 Å². The molecule has 3 rings (SSSR count). The average molecular weight is 439 g/mol. The van der Waals surface area contributed by atoms with E-state index in [9.17, 15) is 14.7 Å². The predicted molar refractivity (Wildman–Crippen MR) is 117 cm³/mol. The Balaban J connectivity index is 1.83. The lowest BCUT2D eigenvalue weighted by Gasteiger charge is -2.27. The molecule has 3 N–H and O–H groups in total. The number of anilines is 1. The van der Waals surface area contributed by atoms with Gasteiger partial charge in [0.05, 0.1) is 11.3 Å².